The second-order valence-corrected chi connectivity index (χ2v) is 4.80. The van der Waals surface area contributed by atoms with E-state index in [9.17, 15) is 9.59 Å². The fourth-order valence-electron chi connectivity index (χ4n) is 2.16. The van der Waals surface area contributed by atoms with Crippen molar-refractivity contribution in [3.05, 3.63) is 33.1 Å². The van der Waals surface area contributed by atoms with Crippen molar-refractivity contribution in [3.63, 3.8) is 0 Å². The Morgan fingerprint density at radius 1 is 1.53 bits per heavy atom. The molecule has 0 amide bonds. The maximum absolute atomic E-state index is 11.6. The van der Waals surface area contributed by atoms with Gasteiger partial charge in [0, 0.05) is 18.2 Å². The monoisotopic (exact) mass is 258 g/mol. The Balaban J connectivity index is 2.35. The highest BCUT2D eigenvalue weighted by atomic mass is 35.5. The lowest BCUT2D eigenvalue weighted by molar-refractivity contribution is -0.00685. The topological polar surface area (TPSA) is 64.1 Å². The minimum Gasteiger partial charge on any atom is -0.353 e. The van der Waals surface area contributed by atoms with Crippen LogP contribution >= 0.6 is 11.6 Å². The molecule has 1 fully saturated rings. The number of aromatic nitrogens is 2. The van der Waals surface area contributed by atoms with Crippen LogP contribution in [0, 0.1) is 5.92 Å². The van der Waals surface area contributed by atoms with Gasteiger partial charge in [-0.2, -0.15) is 0 Å². The smallest absolute Gasteiger partial charge is 0.330 e. The summed E-state index contributed by atoms with van der Waals surface area (Å²) in [6.45, 7) is 4.02. The molecule has 1 aliphatic heterocycles. The first-order chi connectivity index (χ1) is 8.04. The Morgan fingerprint density at radius 3 is 2.76 bits per heavy atom. The molecule has 1 aromatic rings. The van der Waals surface area contributed by atoms with Crippen LogP contribution in [0.5, 0.6) is 0 Å². The summed E-state index contributed by atoms with van der Waals surface area (Å²) in [4.78, 5) is 24.8. The molecule has 0 aromatic carbocycles. The molecule has 4 atom stereocenters. The normalized spacial score (nSPS) is 32.9. The third-order valence-corrected chi connectivity index (χ3v) is 3.82. The van der Waals surface area contributed by atoms with E-state index in [1.54, 1.807) is 0 Å². The lowest BCUT2D eigenvalue weighted by Gasteiger charge is -2.16. The third kappa shape index (κ3) is 2.17. The molecule has 1 aliphatic rings. The van der Waals surface area contributed by atoms with Gasteiger partial charge in [0.15, 0.2) is 6.23 Å². The molecule has 0 radical (unpaired) electrons. The number of nitrogens with zero attached hydrogens (tertiary/aromatic N) is 1. The lowest BCUT2D eigenvalue weighted by atomic mass is 10.0. The molecule has 0 aliphatic carbocycles. The minimum absolute atomic E-state index is 0.0429. The van der Waals surface area contributed by atoms with Crippen LogP contribution in [0.2, 0.25) is 0 Å². The van der Waals surface area contributed by atoms with Gasteiger partial charge in [-0.05, 0) is 6.42 Å². The number of H-pyrrole nitrogens is 1. The fraction of sp³-hybridized carbons (Fsp3) is 0.636. The second kappa shape index (κ2) is 4.66. The van der Waals surface area contributed by atoms with Gasteiger partial charge >= 0.3 is 5.69 Å². The largest absolute Gasteiger partial charge is 0.353 e. The van der Waals surface area contributed by atoms with Gasteiger partial charge in [0.25, 0.3) is 5.56 Å². The number of rotatable bonds is 2. The first-order valence-electron chi connectivity index (χ1n) is 5.65. The zero-order valence-corrected chi connectivity index (χ0v) is 10.5. The number of hydrogen-bond acceptors (Lipinski definition) is 3. The average molecular weight is 259 g/mol. The standard InChI is InChI=1S/C11H15ClN2O3/c1-3-7-6(2)9(12)10(17-7)14-5-4-8(15)13-11(14)16/h4-7,9-10H,3H2,1-2H3,(H,13,15,16)/t6?,7-,9+,10-/m0/s1. The van der Waals surface area contributed by atoms with Crippen LogP contribution in [0.1, 0.15) is 26.5 Å². The Hall–Kier alpha value is -1.07. The molecule has 94 valence electrons. The molecule has 6 heteroatoms. The Labute approximate surface area is 103 Å². The second-order valence-electron chi connectivity index (χ2n) is 4.29. The molecule has 0 bridgehead atoms. The summed E-state index contributed by atoms with van der Waals surface area (Å²) in [6, 6.07) is 1.29. The molecule has 2 rings (SSSR count). The van der Waals surface area contributed by atoms with E-state index >= 15 is 0 Å². The van der Waals surface area contributed by atoms with Crippen LogP contribution in [0.4, 0.5) is 0 Å². The van der Waals surface area contributed by atoms with E-state index in [1.807, 2.05) is 13.8 Å². The van der Waals surface area contributed by atoms with Crippen LogP contribution in [-0.4, -0.2) is 21.0 Å². The predicted octanol–water partition coefficient (Wildman–Crippen LogP) is 1.09. The molecule has 1 N–H and O–H groups in total. The number of ether oxygens (including phenoxy) is 1. The molecular weight excluding hydrogens is 244 g/mol. The maximum atomic E-state index is 11.6. The fourth-order valence-corrected chi connectivity index (χ4v) is 2.50. The van der Waals surface area contributed by atoms with Crippen molar-refractivity contribution < 1.29 is 4.74 Å². The molecule has 0 spiro atoms. The van der Waals surface area contributed by atoms with Gasteiger partial charge in [-0.15, -0.1) is 11.6 Å². The summed E-state index contributed by atoms with van der Waals surface area (Å²) < 4.78 is 7.09. The van der Waals surface area contributed by atoms with Crippen LogP contribution in [-0.2, 0) is 4.74 Å². The predicted molar refractivity (Wildman–Crippen MR) is 64.3 cm³/mol. The molecule has 1 aromatic heterocycles. The van der Waals surface area contributed by atoms with Gasteiger partial charge < -0.3 is 4.74 Å². The van der Waals surface area contributed by atoms with Crippen LogP contribution < -0.4 is 11.2 Å². The van der Waals surface area contributed by atoms with Gasteiger partial charge in [-0.3, -0.25) is 14.3 Å². The number of nitrogens with one attached hydrogen (secondary N) is 1. The van der Waals surface area contributed by atoms with Gasteiger partial charge in [0.2, 0.25) is 0 Å². The number of aromatic amines is 1. The van der Waals surface area contributed by atoms with Crippen LogP contribution in [0.3, 0.4) is 0 Å². The zero-order valence-electron chi connectivity index (χ0n) is 9.72. The van der Waals surface area contributed by atoms with Crippen LogP contribution in [0.15, 0.2) is 21.9 Å². The Kier molecular flexibility index (Phi) is 3.40. The van der Waals surface area contributed by atoms with E-state index in [0.29, 0.717) is 0 Å². The van der Waals surface area contributed by atoms with E-state index in [2.05, 4.69) is 4.98 Å². The quantitative estimate of drug-likeness (QED) is 0.808. The number of halogens is 1. The summed E-state index contributed by atoms with van der Waals surface area (Å²) >= 11 is 6.27. The summed E-state index contributed by atoms with van der Waals surface area (Å²) in [5.41, 5.74) is -0.910. The highest BCUT2D eigenvalue weighted by Gasteiger charge is 2.41. The summed E-state index contributed by atoms with van der Waals surface area (Å²) in [5, 5.41) is -0.274. The molecule has 0 saturated carbocycles. The van der Waals surface area contributed by atoms with Crippen molar-refractivity contribution in [2.24, 2.45) is 5.92 Å². The first kappa shape index (κ1) is 12.4. The number of alkyl halides is 1. The minimum atomic E-state index is -0.513. The molecule has 2 heterocycles. The van der Waals surface area contributed by atoms with Gasteiger partial charge in [-0.1, -0.05) is 13.8 Å². The van der Waals surface area contributed by atoms with E-state index < -0.39 is 17.5 Å². The molecule has 1 saturated heterocycles. The Morgan fingerprint density at radius 2 is 2.24 bits per heavy atom. The van der Waals surface area contributed by atoms with E-state index in [-0.39, 0.29) is 17.4 Å². The molecule has 1 unspecified atom stereocenters. The van der Waals surface area contributed by atoms with Gasteiger partial charge in [0.1, 0.15) is 0 Å². The summed E-state index contributed by atoms with van der Waals surface area (Å²) in [7, 11) is 0. The van der Waals surface area contributed by atoms with Gasteiger partial charge in [0.05, 0.1) is 11.5 Å². The SMILES string of the molecule is CC[C@@H]1O[C@H](n2ccc(=O)[nH]c2=O)[C@H](Cl)C1C. The average Bonchev–Trinajstić information content (AvgIpc) is 2.57. The summed E-state index contributed by atoms with van der Waals surface area (Å²) in [6.07, 6.45) is 1.80. The van der Waals surface area contributed by atoms with Crippen LogP contribution in [0.25, 0.3) is 0 Å². The summed E-state index contributed by atoms with van der Waals surface area (Å²) in [5.74, 6) is 0.172. The lowest BCUT2D eigenvalue weighted by Crippen LogP contribution is -2.34. The van der Waals surface area contributed by atoms with Crippen molar-refractivity contribution >= 4 is 11.6 Å². The first-order valence-corrected chi connectivity index (χ1v) is 6.09. The molecule has 17 heavy (non-hydrogen) atoms. The van der Waals surface area contributed by atoms with Crippen molar-refractivity contribution in [1.82, 2.24) is 9.55 Å². The zero-order chi connectivity index (χ0) is 12.6. The third-order valence-electron chi connectivity index (χ3n) is 3.20. The van der Waals surface area contributed by atoms with E-state index in [0.717, 1.165) is 6.42 Å². The highest BCUT2D eigenvalue weighted by molar-refractivity contribution is 6.21. The van der Waals surface area contributed by atoms with Gasteiger partial charge in [-0.25, -0.2) is 4.79 Å². The molecule has 5 nitrogen and oxygen atoms in total. The van der Waals surface area contributed by atoms with E-state index in [1.165, 1.54) is 16.8 Å². The number of hydrogen-bond donors (Lipinski definition) is 1. The van der Waals surface area contributed by atoms with Crippen molar-refractivity contribution in [2.45, 2.75) is 38.0 Å². The van der Waals surface area contributed by atoms with Crippen molar-refractivity contribution in [3.8, 4) is 0 Å². The Bertz CT molecular complexity index is 510. The maximum Gasteiger partial charge on any atom is 0.330 e. The van der Waals surface area contributed by atoms with Crippen molar-refractivity contribution in [1.29, 1.82) is 0 Å². The molecular formula is C11H15ClN2O3. The van der Waals surface area contributed by atoms with Crippen molar-refractivity contribution in [2.75, 3.05) is 0 Å². The van der Waals surface area contributed by atoms with E-state index in [4.69, 9.17) is 16.3 Å². The highest BCUT2D eigenvalue weighted by Crippen LogP contribution is 2.37.